The van der Waals surface area contributed by atoms with E-state index in [9.17, 15) is 0 Å². The molecule has 0 amide bonds. The molecule has 1 saturated heterocycles. The predicted octanol–water partition coefficient (Wildman–Crippen LogP) is 0.0817. The number of hydrogen-bond acceptors (Lipinski definition) is 3. The van der Waals surface area contributed by atoms with Crippen LogP contribution in [0.1, 0.15) is 0 Å². The van der Waals surface area contributed by atoms with E-state index in [-0.39, 0.29) is 0 Å². The molecule has 0 bridgehead atoms. The zero-order valence-corrected chi connectivity index (χ0v) is 8.65. The second-order valence-corrected chi connectivity index (χ2v) is 3.93. The van der Waals surface area contributed by atoms with Crippen LogP contribution < -0.4 is 5.46 Å². The summed E-state index contributed by atoms with van der Waals surface area (Å²) in [5.74, 6) is 0. The van der Waals surface area contributed by atoms with E-state index in [1.54, 1.807) is 0 Å². The molecule has 4 heteroatoms. The van der Waals surface area contributed by atoms with Gasteiger partial charge in [0.2, 0.25) is 7.28 Å². The lowest BCUT2D eigenvalue weighted by Gasteiger charge is -2.28. The minimum atomic E-state index is 0.829. The van der Waals surface area contributed by atoms with Gasteiger partial charge in [-0.1, -0.05) is 18.2 Å². The van der Waals surface area contributed by atoms with E-state index in [1.165, 1.54) is 11.2 Å². The molecular weight excluding hydrogens is 187 g/mol. The van der Waals surface area contributed by atoms with Gasteiger partial charge in [0.15, 0.2) is 0 Å². The molecule has 0 N–H and O–H groups in total. The maximum absolute atomic E-state index is 5.34. The van der Waals surface area contributed by atoms with Gasteiger partial charge in [-0.05, 0) is 11.5 Å². The third-order valence-electron chi connectivity index (χ3n) is 2.97. The highest BCUT2D eigenvalue weighted by Crippen LogP contribution is 2.15. The fourth-order valence-electron chi connectivity index (χ4n) is 2.12. The zero-order chi connectivity index (χ0) is 10.1. The van der Waals surface area contributed by atoms with Gasteiger partial charge in [-0.15, -0.1) is 0 Å². The minimum Gasteiger partial charge on any atom is -0.378 e. The third kappa shape index (κ3) is 1.65. The van der Waals surface area contributed by atoms with Crippen LogP contribution in [0.2, 0.25) is 0 Å². The number of fused-ring (bicyclic) bond motifs is 1. The van der Waals surface area contributed by atoms with Gasteiger partial charge in [0.25, 0.3) is 0 Å². The summed E-state index contributed by atoms with van der Waals surface area (Å²) in [5.41, 5.74) is 3.69. The van der Waals surface area contributed by atoms with Crippen LogP contribution in [-0.2, 0) is 4.74 Å². The molecule has 2 heterocycles. The summed E-state index contributed by atoms with van der Waals surface area (Å²) in [7, 11) is 0.982. The molecule has 76 valence electrons. The normalized spacial score (nSPS) is 19.5. The van der Waals surface area contributed by atoms with E-state index < -0.39 is 0 Å². The molecule has 0 aromatic heterocycles. The Morgan fingerprint density at radius 3 is 2.80 bits per heavy atom. The Balaban J connectivity index is 1.81. The highest BCUT2D eigenvalue weighted by Gasteiger charge is 2.22. The van der Waals surface area contributed by atoms with Gasteiger partial charge in [0.05, 0.1) is 24.6 Å². The topological polar surface area (TPSA) is 24.8 Å². The van der Waals surface area contributed by atoms with Crippen molar-refractivity contribution in [2.24, 2.45) is 4.99 Å². The van der Waals surface area contributed by atoms with E-state index in [1.807, 2.05) is 6.07 Å². The Morgan fingerprint density at radius 1 is 1.20 bits per heavy atom. The lowest BCUT2D eigenvalue weighted by molar-refractivity contribution is 0.0692. The summed E-state index contributed by atoms with van der Waals surface area (Å²) in [6.07, 6.45) is 0. The van der Waals surface area contributed by atoms with Crippen LogP contribution >= 0.6 is 0 Å². The Morgan fingerprint density at radius 2 is 2.00 bits per heavy atom. The van der Waals surface area contributed by atoms with Crippen LogP contribution in [0.25, 0.3) is 0 Å². The monoisotopic (exact) mass is 200 g/mol. The molecule has 1 aromatic rings. The molecule has 15 heavy (non-hydrogen) atoms. The standard InChI is InChI=1S/C11H13BN2O/c1-2-4-10-9(3-1)12-11(13-10)14-5-7-15-8-6-14/h1-4,12H,5-8H2. The highest BCUT2D eigenvalue weighted by molar-refractivity contribution is 6.87. The molecule has 1 aromatic carbocycles. The molecule has 0 spiro atoms. The number of para-hydroxylation sites is 1. The van der Waals surface area contributed by atoms with Crippen molar-refractivity contribution >= 4 is 24.2 Å². The van der Waals surface area contributed by atoms with E-state index in [4.69, 9.17) is 4.74 Å². The predicted molar refractivity (Wildman–Crippen MR) is 62.7 cm³/mol. The van der Waals surface area contributed by atoms with Crippen LogP contribution in [0.3, 0.4) is 0 Å². The molecule has 3 rings (SSSR count). The highest BCUT2D eigenvalue weighted by atomic mass is 16.5. The Bertz CT molecular complexity index is 399. The van der Waals surface area contributed by atoms with Crippen LogP contribution in [0.4, 0.5) is 5.69 Å². The summed E-state index contributed by atoms with van der Waals surface area (Å²) in [4.78, 5) is 7.00. The first-order valence-corrected chi connectivity index (χ1v) is 5.42. The lowest BCUT2D eigenvalue weighted by Crippen LogP contribution is -2.43. The van der Waals surface area contributed by atoms with E-state index in [2.05, 4.69) is 28.1 Å². The summed E-state index contributed by atoms with van der Waals surface area (Å²) in [6, 6.07) is 8.37. The van der Waals surface area contributed by atoms with Crippen molar-refractivity contribution in [3.05, 3.63) is 24.3 Å². The number of ether oxygens (including phenoxy) is 1. The molecule has 0 atom stereocenters. The van der Waals surface area contributed by atoms with Gasteiger partial charge in [0, 0.05) is 13.1 Å². The van der Waals surface area contributed by atoms with Gasteiger partial charge < -0.3 is 9.64 Å². The molecular formula is C11H13BN2O. The average Bonchev–Trinajstić information content (AvgIpc) is 2.74. The fraction of sp³-hybridized carbons (Fsp3) is 0.364. The number of hydrogen-bond donors (Lipinski definition) is 0. The first-order chi connectivity index (χ1) is 7.43. The third-order valence-corrected chi connectivity index (χ3v) is 2.97. The number of amidine groups is 1. The molecule has 0 saturated carbocycles. The van der Waals surface area contributed by atoms with E-state index in [0.29, 0.717) is 0 Å². The molecule has 0 radical (unpaired) electrons. The largest absolute Gasteiger partial charge is 0.378 e. The smallest absolute Gasteiger partial charge is 0.240 e. The molecule has 2 aliphatic heterocycles. The number of nitrogens with zero attached hydrogens (tertiary/aromatic N) is 2. The molecule has 1 fully saturated rings. The second kappa shape index (κ2) is 3.70. The molecule has 2 aliphatic rings. The first-order valence-electron chi connectivity index (χ1n) is 5.42. The first kappa shape index (κ1) is 8.98. The Kier molecular flexibility index (Phi) is 2.22. The second-order valence-electron chi connectivity index (χ2n) is 3.93. The van der Waals surface area contributed by atoms with Gasteiger partial charge in [-0.2, -0.15) is 0 Å². The van der Waals surface area contributed by atoms with Gasteiger partial charge in [0.1, 0.15) is 0 Å². The van der Waals surface area contributed by atoms with Crippen LogP contribution in [-0.4, -0.2) is 44.2 Å². The number of benzene rings is 1. The molecule has 3 nitrogen and oxygen atoms in total. The maximum Gasteiger partial charge on any atom is 0.240 e. The average molecular weight is 200 g/mol. The van der Waals surface area contributed by atoms with Crippen molar-refractivity contribution in [2.45, 2.75) is 0 Å². The fourth-order valence-corrected chi connectivity index (χ4v) is 2.12. The van der Waals surface area contributed by atoms with Crippen LogP contribution in [0.15, 0.2) is 29.3 Å². The zero-order valence-electron chi connectivity index (χ0n) is 8.65. The summed E-state index contributed by atoms with van der Waals surface area (Å²) < 4.78 is 5.34. The van der Waals surface area contributed by atoms with Crippen molar-refractivity contribution in [1.82, 2.24) is 4.90 Å². The van der Waals surface area contributed by atoms with Gasteiger partial charge in [-0.3, -0.25) is 0 Å². The van der Waals surface area contributed by atoms with Crippen molar-refractivity contribution in [3.8, 4) is 0 Å². The van der Waals surface area contributed by atoms with E-state index in [0.717, 1.165) is 39.3 Å². The molecule has 0 aliphatic carbocycles. The Hall–Kier alpha value is -1.29. The van der Waals surface area contributed by atoms with Crippen molar-refractivity contribution < 1.29 is 4.74 Å². The van der Waals surface area contributed by atoms with Crippen LogP contribution in [0.5, 0.6) is 0 Å². The minimum absolute atomic E-state index is 0.829. The quantitative estimate of drug-likeness (QED) is 0.554. The number of rotatable bonds is 0. The maximum atomic E-state index is 5.34. The Labute approximate surface area is 90.0 Å². The number of aliphatic imine (C=N–C) groups is 1. The summed E-state index contributed by atoms with van der Waals surface area (Å²) in [5, 5.41) is 0. The van der Waals surface area contributed by atoms with Gasteiger partial charge >= 0.3 is 0 Å². The van der Waals surface area contributed by atoms with E-state index >= 15 is 0 Å². The van der Waals surface area contributed by atoms with Crippen LogP contribution in [0, 0.1) is 0 Å². The SMILES string of the molecule is B1C(N2CCOCC2)=Nc2ccccc21. The summed E-state index contributed by atoms with van der Waals surface area (Å²) in [6.45, 7) is 3.62. The molecule has 0 unspecified atom stereocenters. The van der Waals surface area contributed by atoms with Gasteiger partial charge in [-0.25, -0.2) is 4.99 Å². The van der Waals surface area contributed by atoms with Crippen molar-refractivity contribution in [1.29, 1.82) is 0 Å². The summed E-state index contributed by atoms with van der Waals surface area (Å²) >= 11 is 0. The number of morpholine rings is 1. The van der Waals surface area contributed by atoms with Crippen molar-refractivity contribution in [2.75, 3.05) is 26.3 Å². The van der Waals surface area contributed by atoms with Crippen molar-refractivity contribution in [3.63, 3.8) is 0 Å². The lowest BCUT2D eigenvalue weighted by atomic mass is 9.70.